The molecule has 16 rings (SSSR count). The summed E-state index contributed by atoms with van der Waals surface area (Å²) < 4.78 is 0. The van der Waals surface area contributed by atoms with Gasteiger partial charge in [-0.2, -0.15) is 0 Å². The zero-order chi connectivity index (χ0) is 81.1. The summed E-state index contributed by atoms with van der Waals surface area (Å²) >= 11 is 0. The van der Waals surface area contributed by atoms with Crippen LogP contribution in [0.1, 0.15) is 186 Å². The van der Waals surface area contributed by atoms with E-state index in [1.165, 1.54) is 211 Å². The molecule has 0 aliphatic heterocycles. The van der Waals surface area contributed by atoms with Crippen molar-refractivity contribution < 1.29 is 0 Å². The third-order valence-electron chi connectivity index (χ3n) is 23.4. The fourth-order valence-electron chi connectivity index (χ4n) is 18.0. The fraction of sp³-hybridized carbons (Fsp3) is 0.291. The van der Waals surface area contributed by atoms with Gasteiger partial charge in [0.15, 0.2) is 0 Å². The van der Waals surface area contributed by atoms with Gasteiger partial charge in [0.2, 0.25) is 0 Å². The first kappa shape index (κ1) is 83.5. The first-order valence-corrected chi connectivity index (χ1v) is 43.9. The molecule has 0 atom stereocenters. The van der Waals surface area contributed by atoms with E-state index in [9.17, 15) is 0 Å². The molecule has 0 fully saturated rings. The van der Waals surface area contributed by atoms with Crippen LogP contribution in [0.3, 0.4) is 0 Å². The number of aryl methyl sites for hydroxylation is 18. The summed E-state index contributed by atoms with van der Waals surface area (Å²) in [5.41, 5.74) is 53.2. The molecule has 0 bridgehead atoms. The molecular weight excluding hydrogens is 1350 g/mol. The molecule has 0 saturated carbocycles. The van der Waals surface area contributed by atoms with E-state index in [1.54, 1.807) is 5.19 Å². The average molecular weight is 1480 g/mol. The third-order valence-corrected chi connectivity index (χ3v) is 25.5. The van der Waals surface area contributed by atoms with E-state index >= 15 is 0 Å². The van der Waals surface area contributed by atoms with E-state index < -0.39 is 8.07 Å². The van der Waals surface area contributed by atoms with E-state index in [-0.39, 0.29) is 16.2 Å². The smallest absolute Gasteiger partial charge is 0.0656 e. The lowest BCUT2D eigenvalue weighted by molar-refractivity contribution is 0.654. The van der Waals surface area contributed by atoms with Crippen LogP contribution >= 0.6 is 0 Å². The molecule has 0 heterocycles. The van der Waals surface area contributed by atoms with Crippen LogP contribution in [-0.2, 0) is 16.2 Å². The Kier molecular flexibility index (Phi) is 25.6. The number of hydrogen-bond acceptors (Lipinski definition) is 0. The Balaban J connectivity index is 0.000000138. The Hall–Kier alpha value is -9.92. The van der Waals surface area contributed by atoms with Crippen molar-refractivity contribution in [3.05, 3.63) is 381 Å². The molecule has 3 aliphatic carbocycles. The van der Waals surface area contributed by atoms with Gasteiger partial charge in [-0.05, 0) is 289 Å². The van der Waals surface area contributed by atoms with Crippen molar-refractivity contribution in [1.29, 1.82) is 0 Å². The molecule has 0 radical (unpaired) electrons. The van der Waals surface area contributed by atoms with Gasteiger partial charge in [0, 0.05) is 16.2 Å². The molecule has 3 aliphatic rings. The quantitative estimate of drug-likeness (QED) is 0.154. The highest BCUT2D eigenvalue weighted by atomic mass is 28.3. The topological polar surface area (TPSA) is 0 Å². The van der Waals surface area contributed by atoms with Crippen LogP contribution in [0.25, 0.3) is 66.8 Å². The Morgan fingerprint density at radius 1 is 0.198 bits per heavy atom. The molecule has 0 aromatic heterocycles. The minimum atomic E-state index is -1.06. The summed E-state index contributed by atoms with van der Waals surface area (Å²) in [6.07, 6.45) is 0. The Labute approximate surface area is 672 Å². The largest absolute Gasteiger partial charge is 0.0776 e. The van der Waals surface area contributed by atoms with Crippen LogP contribution in [0, 0.1) is 138 Å². The van der Waals surface area contributed by atoms with E-state index in [0.29, 0.717) is 0 Å². The summed E-state index contributed by atoms with van der Waals surface area (Å²) in [4.78, 5) is 0. The number of benzene rings is 13. The zero-order valence-corrected chi connectivity index (χ0v) is 74.0. The summed E-state index contributed by atoms with van der Waals surface area (Å²) in [7, 11) is -1.06. The molecule has 1 heteroatoms. The minimum Gasteiger partial charge on any atom is -0.0656 e. The molecule has 0 saturated heterocycles. The molecule has 570 valence electrons. The standard InChI is InChI=1S/2C18H20.C17H18.C17H20.2C15H16.C10H16Si/c1-11-6-7-14-15-9-12(2)8-13(3)17(15)18(4,5)16(14)10-11;1-11-10-15-14-8-6-7-9-16(14)18(4,5)17(15)13(3)12(11)2;1-11-9-12(2)16-13-7-5-6-8-14(13)17(3,4)15(16)10-11;1-11-6-12(2)10-16(9-11)17-14(4)7-13(3)8-15(17)5;1-11-4-6-14(7-5-11)15-9-12(2)8-13(3)10-15;1-11-7-9-14(10-8-11)15-12(2)5-4-6-13(15)3;1-9-6-5-7-10(8-9)11(2,3)4/h2*6-10H,1-5H3;5-10H,1-4H3;6-10H,1-5H3;2*4-10H,1-3H3;5-8H,1-4H3. The second-order valence-corrected chi connectivity index (χ2v) is 40.6. The first-order chi connectivity index (χ1) is 52.2. The van der Waals surface area contributed by atoms with Crippen LogP contribution in [0.15, 0.2) is 237 Å². The monoisotopic (exact) mass is 1470 g/mol. The van der Waals surface area contributed by atoms with Gasteiger partial charge in [0.05, 0.1) is 8.07 Å². The Bertz CT molecular complexity index is 5470. The molecule has 0 nitrogen and oxygen atoms in total. The van der Waals surface area contributed by atoms with Gasteiger partial charge < -0.3 is 0 Å². The van der Waals surface area contributed by atoms with Crippen molar-refractivity contribution in [1.82, 2.24) is 0 Å². The van der Waals surface area contributed by atoms with Crippen LogP contribution in [-0.4, -0.2) is 8.07 Å². The molecule has 0 unspecified atom stereocenters. The lowest BCUT2D eigenvalue weighted by Crippen LogP contribution is -2.37. The van der Waals surface area contributed by atoms with Gasteiger partial charge in [0.1, 0.15) is 0 Å². The van der Waals surface area contributed by atoms with E-state index in [2.05, 4.69) is 436 Å². The van der Waals surface area contributed by atoms with Gasteiger partial charge in [-0.15, -0.1) is 0 Å². The normalized spacial score (nSPS) is 12.9. The van der Waals surface area contributed by atoms with Crippen LogP contribution < -0.4 is 5.19 Å². The molecule has 0 spiro atoms. The summed E-state index contributed by atoms with van der Waals surface area (Å²) in [6.45, 7) is 64.8. The van der Waals surface area contributed by atoms with E-state index in [1.807, 2.05) is 0 Å². The van der Waals surface area contributed by atoms with E-state index in [4.69, 9.17) is 0 Å². The lowest BCUT2D eigenvalue weighted by atomic mass is 9.79. The lowest BCUT2D eigenvalue weighted by Gasteiger charge is -2.24. The van der Waals surface area contributed by atoms with Gasteiger partial charge in [0.25, 0.3) is 0 Å². The molecule has 111 heavy (non-hydrogen) atoms. The van der Waals surface area contributed by atoms with Gasteiger partial charge in [-0.25, -0.2) is 0 Å². The van der Waals surface area contributed by atoms with Crippen LogP contribution in [0.5, 0.6) is 0 Å². The highest BCUT2D eigenvalue weighted by molar-refractivity contribution is 6.88. The van der Waals surface area contributed by atoms with Crippen LogP contribution in [0.2, 0.25) is 19.6 Å². The predicted octanol–water partition coefficient (Wildman–Crippen LogP) is 30.4. The first-order valence-electron chi connectivity index (χ1n) is 40.4. The highest BCUT2D eigenvalue weighted by Gasteiger charge is 2.39. The summed E-state index contributed by atoms with van der Waals surface area (Å²) in [6, 6.07) is 86.9. The van der Waals surface area contributed by atoms with Crippen molar-refractivity contribution in [3.63, 3.8) is 0 Å². The summed E-state index contributed by atoms with van der Waals surface area (Å²) in [5.74, 6) is 0. The predicted molar refractivity (Wildman–Crippen MR) is 492 cm³/mol. The second-order valence-electron chi connectivity index (χ2n) is 35.5. The maximum Gasteiger partial charge on any atom is 0.0776 e. The molecule has 13 aromatic rings. The van der Waals surface area contributed by atoms with Gasteiger partial charge >= 0.3 is 0 Å². The fourth-order valence-corrected chi connectivity index (χ4v) is 19.3. The Morgan fingerprint density at radius 3 is 1.13 bits per heavy atom. The van der Waals surface area contributed by atoms with Crippen molar-refractivity contribution >= 4 is 13.3 Å². The summed E-state index contributed by atoms with van der Waals surface area (Å²) in [5, 5.41) is 1.55. The molecule has 0 amide bonds. The van der Waals surface area contributed by atoms with Crippen molar-refractivity contribution in [3.8, 4) is 66.8 Å². The second kappa shape index (κ2) is 34.0. The van der Waals surface area contributed by atoms with Crippen molar-refractivity contribution in [2.45, 2.75) is 216 Å². The highest BCUT2D eigenvalue weighted by Crippen LogP contribution is 2.53. The molecule has 13 aromatic carbocycles. The maximum absolute atomic E-state index is 2.38. The Morgan fingerprint density at radius 2 is 0.595 bits per heavy atom. The number of fused-ring (bicyclic) bond motifs is 9. The zero-order valence-electron chi connectivity index (χ0n) is 73.0. The molecular formula is C110H126Si. The number of rotatable bonds is 4. The van der Waals surface area contributed by atoms with E-state index in [0.717, 1.165) is 0 Å². The van der Waals surface area contributed by atoms with Crippen molar-refractivity contribution in [2.75, 3.05) is 0 Å². The average Bonchev–Trinajstić information content (AvgIpc) is 1.58. The van der Waals surface area contributed by atoms with Gasteiger partial charge in [-0.1, -0.05) is 364 Å². The minimum absolute atomic E-state index is 0.133. The third kappa shape index (κ3) is 18.7. The number of hydrogen-bond donors (Lipinski definition) is 0. The molecule has 0 N–H and O–H groups in total. The van der Waals surface area contributed by atoms with Gasteiger partial charge in [-0.3, -0.25) is 0 Å². The van der Waals surface area contributed by atoms with Crippen LogP contribution in [0.4, 0.5) is 0 Å². The maximum atomic E-state index is 2.38. The van der Waals surface area contributed by atoms with Crippen molar-refractivity contribution in [2.24, 2.45) is 0 Å². The SMILES string of the molecule is Cc1cc(C)c2c(c1)-c1ccc(C)cc1C2(C)C.Cc1cc(C)c2c(c1)C(C)(C)c1ccccc1-2.Cc1cc(C)cc(-c2c(C)cc(C)cc2C)c1.Cc1cc2c(c(C)c1C)C(C)(C)c1ccccc1-2.Cc1ccc(-c2c(C)cccc2C)cc1.Cc1ccc(-c2cc(C)cc(C)c2)cc1.Cc1cccc([Si](C)(C)C)c1.